The van der Waals surface area contributed by atoms with Crippen molar-refractivity contribution in [1.29, 1.82) is 0 Å². The molecule has 0 saturated heterocycles. The van der Waals surface area contributed by atoms with E-state index in [1.807, 2.05) is 7.05 Å². The number of hydroxylamine groups is 2. The zero-order chi connectivity index (χ0) is 7.98. The van der Waals surface area contributed by atoms with Gasteiger partial charge in [0.05, 0.1) is 0 Å². The zero-order valence-corrected chi connectivity index (χ0v) is 6.89. The van der Waals surface area contributed by atoms with E-state index in [1.54, 1.807) is 5.06 Å². The largest absolute Gasteiger partial charge is 0.297 e. The van der Waals surface area contributed by atoms with E-state index in [9.17, 15) is 4.79 Å². The van der Waals surface area contributed by atoms with Crippen molar-refractivity contribution >= 4 is 5.78 Å². The zero-order valence-electron chi connectivity index (χ0n) is 6.89. The van der Waals surface area contributed by atoms with Crippen LogP contribution in [0.25, 0.3) is 0 Å². The van der Waals surface area contributed by atoms with E-state index in [1.165, 1.54) is 6.92 Å². The van der Waals surface area contributed by atoms with Gasteiger partial charge < -0.3 is 0 Å². The fraction of sp³-hybridized carbons (Fsp3) is 0.857. The van der Waals surface area contributed by atoms with Crippen LogP contribution in [0.4, 0.5) is 0 Å². The summed E-state index contributed by atoms with van der Waals surface area (Å²) in [5.74, 6) is 0.0583. The SMILES string of the molecule is CCCN(C)OCC(C)=O. The lowest BCUT2D eigenvalue weighted by atomic mass is 10.5. The quantitative estimate of drug-likeness (QED) is 0.537. The summed E-state index contributed by atoms with van der Waals surface area (Å²) in [5, 5.41) is 1.68. The summed E-state index contributed by atoms with van der Waals surface area (Å²) in [6, 6.07) is 0. The minimum absolute atomic E-state index is 0.0583. The fourth-order valence-corrected chi connectivity index (χ4v) is 0.581. The van der Waals surface area contributed by atoms with Crippen LogP contribution in [0.3, 0.4) is 0 Å². The first-order valence-corrected chi connectivity index (χ1v) is 3.50. The fourth-order valence-electron chi connectivity index (χ4n) is 0.581. The number of hydrogen-bond donors (Lipinski definition) is 0. The summed E-state index contributed by atoms with van der Waals surface area (Å²) < 4.78 is 0. The van der Waals surface area contributed by atoms with Gasteiger partial charge in [-0.25, -0.2) is 0 Å². The Labute approximate surface area is 61.9 Å². The molecule has 0 unspecified atom stereocenters. The van der Waals surface area contributed by atoms with Crippen molar-refractivity contribution in [3.63, 3.8) is 0 Å². The number of Topliss-reactive ketones (excluding diaryl/α,β-unsaturated/α-hetero) is 1. The van der Waals surface area contributed by atoms with E-state index in [4.69, 9.17) is 4.84 Å². The first kappa shape index (κ1) is 9.59. The molecular weight excluding hydrogens is 130 g/mol. The van der Waals surface area contributed by atoms with Crippen molar-refractivity contribution in [3.8, 4) is 0 Å². The molecule has 0 aliphatic rings. The monoisotopic (exact) mass is 145 g/mol. The van der Waals surface area contributed by atoms with Gasteiger partial charge in [-0.05, 0) is 13.3 Å². The molecule has 0 radical (unpaired) electrons. The first-order valence-electron chi connectivity index (χ1n) is 3.50. The maximum atomic E-state index is 10.4. The van der Waals surface area contributed by atoms with Crippen LogP contribution in [-0.4, -0.2) is 31.0 Å². The van der Waals surface area contributed by atoms with Gasteiger partial charge in [-0.1, -0.05) is 6.92 Å². The molecule has 3 heteroatoms. The van der Waals surface area contributed by atoms with Gasteiger partial charge in [0.25, 0.3) is 0 Å². The number of ketones is 1. The van der Waals surface area contributed by atoms with E-state index in [0.29, 0.717) is 0 Å². The van der Waals surface area contributed by atoms with Gasteiger partial charge in [0.1, 0.15) is 6.61 Å². The minimum atomic E-state index is 0.0583. The molecule has 0 rings (SSSR count). The summed E-state index contributed by atoms with van der Waals surface area (Å²) in [6.45, 7) is 4.64. The van der Waals surface area contributed by atoms with Crippen LogP contribution in [0.15, 0.2) is 0 Å². The van der Waals surface area contributed by atoms with Crippen LogP contribution in [0.2, 0.25) is 0 Å². The molecule has 0 aliphatic heterocycles. The first-order chi connectivity index (χ1) is 4.66. The number of rotatable bonds is 5. The highest BCUT2D eigenvalue weighted by molar-refractivity contribution is 5.76. The van der Waals surface area contributed by atoms with Crippen LogP contribution in [0, 0.1) is 0 Å². The van der Waals surface area contributed by atoms with Crippen molar-refractivity contribution in [3.05, 3.63) is 0 Å². The third-order valence-electron chi connectivity index (χ3n) is 1.03. The predicted octanol–water partition coefficient (Wildman–Crippen LogP) is 0.849. The molecule has 0 aromatic carbocycles. The van der Waals surface area contributed by atoms with E-state index >= 15 is 0 Å². The van der Waals surface area contributed by atoms with Crippen LogP contribution >= 0.6 is 0 Å². The van der Waals surface area contributed by atoms with Gasteiger partial charge in [-0.2, -0.15) is 5.06 Å². The maximum Gasteiger partial charge on any atom is 0.157 e. The Kier molecular flexibility index (Phi) is 5.16. The Morgan fingerprint density at radius 2 is 2.20 bits per heavy atom. The molecule has 3 nitrogen and oxygen atoms in total. The van der Waals surface area contributed by atoms with Crippen LogP contribution in [-0.2, 0) is 9.63 Å². The molecule has 0 atom stereocenters. The highest BCUT2D eigenvalue weighted by Crippen LogP contribution is 1.87. The third-order valence-corrected chi connectivity index (χ3v) is 1.03. The molecule has 0 fully saturated rings. The topological polar surface area (TPSA) is 29.5 Å². The molecule has 0 spiro atoms. The third kappa shape index (κ3) is 5.72. The number of carbonyl (C=O) groups excluding carboxylic acids is 1. The average Bonchev–Trinajstić information content (AvgIpc) is 1.85. The number of nitrogens with zero attached hydrogens (tertiary/aromatic N) is 1. The summed E-state index contributed by atoms with van der Waals surface area (Å²) in [5.41, 5.74) is 0. The van der Waals surface area contributed by atoms with E-state index < -0.39 is 0 Å². The summed E-state index contributed by atoms with van der Waals surface area (Å²) in [6.07, 6.45) is 1.04. The highest BCUT2D eigenvalue weighted by atomic mass is 16.7. The highest BCUT2D eigenvalue weighted by Gasteiger charge is 1.97. The lowest BCUT2D eigenvalue weighted by Gasteiger charge is -2.13. The minimum Gasteiger partial charge on any atom is -0.297 e. The van der Waals surface area contributed by atoms with Crippen LogP contribution < -0.4 is 0 Å². The van der Waals surface area contributed by atoms with Gasteiger partial charge in [0.15, 0.2) is 5.78 Å². The van der Waals surface area contributed by atoms with Crippen molar-refractivity contribution < 1.29 is 9.63 Å². The second-order valence-electron chi connectivity index (χ2n) is 2.33. The number of hydrogen-bond acceptors (Lipinski definition) is 3. The van der Waals surface area contributed by atoms with E-state index in [2.05, 4.69) is 6.92 Å². The second-order valence-corrected chi connectivity index (χ2v) is 2.33. The van der Waals surface area contributed by atoms with Crippen molar-refractivity contribution in [2.75, 3.05) is 20.2 Å². The Bertz CT molecular complexity index is 104. The molecule has 0 bridgehead atoms. The van der Waals surface area contributed by atoms with Crippen molar-refractivity contribution in [2.45, 2.75) is 20.3 Å². The maximum absolute atomic E-state index is 10.4. The lowest BCUT2D eigenvalue weighted by molar-refractivity contribution is -0.156. The smallest absolute Gasteiger partial charge is 0.157 e. The predicted molar refractivity (Wildman–Crippen MR) is 39.6 cm³/mol. The summed E-state index contributed by atoms with van der Waals surface area (Å²) >= 11 is 0. The Morgan fingerprint density at radius 1 is 1.60 bits per heavy atom. The molecule has 0 N–H and O–H groups in total. The van der Waals surface area contributed by atoms with Crippen molar-refractivity contribution in [2.24, 2.45) is 0 Å². The summed E-state index contributed by atoms with van der Waals surface area (Å²) in [4.78, 5) is 15.4. The van der Waals surface area contributed by atoms with E-state index in [-0.39, 0.29) is 12.4 Å². The molecule has 0 aromatic rings. The molecule has 0 saturated carbocycles. The Morgan fingerprint density at radius 3 is 2.60 bits per heavy atom. The number of carbonyl (C=O) groups is 1. The molecular formula is C7H15NO2. The second kappa shape index (κ2) is 5.38. The standard InChI is InChI=1S/C7H15NO2/c1-4-5-8(3)10-6-7(2)9/h4-6H2,1-3H3. The molecule has 10 heavy (non-hydrogen) atoms. The normalized spacial score (nSPS) is 10.4. The molecule has 0 amide bonds. The lowest BCUT2D eigenvalue weighted by Crippen LogP contribution is -2.22. The summed E-state index contributed by atoms with van der Waals surface area (Å²) in [7, 11) is 1.83. The van der Waals surface area contributed by atoms with Gasteiger partial charge in [0, 0.05) is 13.6 Å². The Hall–Kier alpha value is -0.410. The van der Waals surface area contributed by atoms with Gasteiger partial charge in [-0.15, -0.1) is 0 Å². The molecule has 60 valence electrons. The molecule has 0 aliphatic carbocycles. The van der Waals surface area contributed by atoms with Gasteiger partial charge >= 0.3 is 0 Å². The van der Waals surface area contributed by atoms with Crippen LogP contribution in [0.5, 0.6) is 0 Å². The van der Waals surface area contributed by atoms with Gasteiger partial charge in [-0.3, -0.25) is 9.63 Å². The van der Waals surface area contributed by atoms with Crippen LogP contribution in [0.1, 0.15) is 20.3 Å². The molecule has 0 aromatic heterocycles. The average molecular weight is 145 g/mol. The molecule has 0 heterocycles. The van der Waals surface area contributed by atoms with E-state index in [0.717, 1.165) is 13.0 Å². The Balaban J connectivity index is 3.21. The van der Waals surface area contributed by atoms with Gasteiger partial charge in [0.2, 0.25) is 0 Å². The van der Waals surface area contributed by atoms with Crippen molar-refractivity contribution in [1.82, 2.24) is 5.06 Å².